The minimum atomic E-state index is -0.942. The van der Waals surface area contributed by atoms with Crippen LogP contribution in [-0.2, 0) is 21.0 Å². The molecule has 2 amide bonds. The van der Waals surface area contributed by atoms with Crippen molar-refractivity contribution in [3.63, 3.8) is 0 Å². The summed E-state index contributed by atoms with van der Waals surface area (Å²) in [4.78, 5) is 43.3. The number of pyridine rings is 1. The van der Waals surface area contributed by atoms with Crippen molar-refractivity contribution in [2.24, 2.45) is 17.8 Å². The minimum Gasteiger partial charge on any atom is -0.481 e. The predicted molar refractivity (Wildman–Crippen MR) is 154 cm³/mol. The zero-order valence-electron chi connectivity index (χ0n) is 23.9. The first kappa shape index (κ1) is 31.3. The number of carboxylic acids is 1. The van der Waals surface area contributed by atoms with Crippen LogP contribution in [0.15, 0.2) is 52.1 Å². The third kappa shape index (κ3) is 7.06. The Labute approximate surface area is 245 Å². The molecule has 0 saturated carbocycles. The van der Waals surface area contributed by atoms with E-state index in [1.165, 1.54) is 4.90 Å². The van der Waals surface area contributed by atoms with Gasteiger partial charge in [0.25, 0.3) is 0 Å². The SMILES string of the molecule is CCC1=C([C@H](O)CC/C(=C/c2ccc(CO)o2)c2ccccn2)[C@H](CO)[C@@H]2C(=O)N(CCCCCC(=O)O)C(=O)[C@@H]2C1. The van der Waals surface area contributed by atoms with E-state index < -0.39 is 29.8 Å². The molecule has 42 heavy (non-hydrogen) atoms. The van der Waals surface area contributed by atoms with Crippen molar-refractivity contribution < 1.29 is 39.2 Å². The van der Waals surface area contributed by atoms with E-state index >= 15 is 0 Å². The molecule has 4 rings (SSSR count). The van der Waals surface area contributed by atoms with Gasteiger partial charge in [-0.25, -0.2) is 0 Å². The Morgan fingerprint density at radius 2 is 1.93 bits per heavy atom. The summed E-state index contributed by atoms with van der Waals surface area (Å²) in [6.45, 7) is 1.60. The number of hydrogen-bond acceptors (Lipinski definition) is 8. The van der Waals surface area contributed by atoms with Crippen LogP contribution in [0.25, 0.3) is 11.6 Å². The van der Waals surface area contributed by atoms with Crippen LogP contribution in [0.4, 0.5) is 0 Å². The molecule has 1 aliphatic carbocycles. The molecule has 2 aromatic heterocycles. The summed E-state index contributed by atoms with van der Waals surface area (Å²) in [5.74, 6) is -2.42. The molecule has 4 N–H and O–H groups in total. The topological polar surface area (TPSA) is 161 Å². The Morgan fingerprint density at radius 1 is 1.12 bits per heavy atom. The van der Waals surface area contributed by atoms with Gasteiger partial charge in [0.1, 0.15) is 18.1 Å². The Bertz CT molecular complexity index is 1310. The fourth-order valence-corrected chi connectivity index (χ4v) is 6.31. The second-order valence-electron chi connectivity index (χ2n) is 11.0. The Balaban J connectivity index is 1.51. The third-order valence-electron chi connectivity index (χ3n) is 8.37. The van der Waals surface area contributed by atoms with Crippen LogP contribution < -0.4 is 0 Å². The summed E-state index contributed by atoms with van der Waals surface area (Å²) >= 11 is 0. The number of aliphatic carboxylic acids is 1. The molecule has 2 aromatic rings. The zero-order valence-corrected chi connectivity index (χ0v) is 23.9. The van der Waals surface area contributed by atoms with E-state index in [1.807, 2.05) is 31.2 Å². The summed E-state index contributed by atoms with van der Waals surface area (Å²) in [6.07, 6.45) is 5.90. The number of allylic oxidation sites excluding steroid dienone is 2. The molecule has 1 fully saturated rings. The zero-order chi connectivity index (χ0) is 30.2. The number of fused-ring (bicyclic) bond motifs is 1. The summed E-state index contributed by atoms with van der Waals surface area (Å²) in [7, 11) is 0. The van der Waals surface area contributed by atoms with E-state index in [0.29, 0.717) is 67.7 Å². The van der Waals surface area contributed by atoms with Crippen LogP contribution >= 0.6 is 0 Å². The molecule has 0 spiro atoms. The van der Waals surface area contributed by atoms with E-state index in [-0.39, 0.29) is 38.0 Å². The molecule has 3 heterocycles. The van der Waals surface area contributed by atoms with Crippen molar-refractivity contribution >= 4 is 29.4 Å². The number of carboxylic acid groups (broad SMARTS) is 1. The first-order valence-electron chi connectivity index (χ1n) is 14.7. The van der Waals surface area contributed by atoms with Crippen LogP contribution in [0.2, 0.25) is 0 Å². The maximum atomic E-state index is 13.5. The van der Waals surface area contributed by atoms with Gasteiger partial charge >= 0.3 is 5.97 Å². The molecule has 10 heteroatoms. The number of aliphatic hydroxyl groups excluding tert-OH is 3. The largest absolute Gasteiger partial charge is 0.481 e. The number of nitrogens with zero attached hydrogens (tertiary/aromatic N) is 2. The van der Waals surface area contributed by atoms with Crippen molar-refractivity contribution in [3.05, 3.63) is 64.9 Å². The lowest BCUT2D eigenvalue weighted by Gasteiger charge is -2.36. The van der Waals surface area contributed by atoms with Crippen LogP contribution in [0, 0.1) is 17.8 Å². The van der Waals surface area contributed by atoms with Gasteiger partial charge in [-0.05, 0) is 80.0 Å². The molecular weight excluding hydrogens is 540 g/mol. The quantitative estimate of drug-likeness (QED) is 0.139. The molecular formula is C32H40N2O8. The molecule has 0 bridgehead atoms. The summed E-state index contributed by atoms with van der Waals surface area (Å²) < 4.78 is 5.65. The summed E-state index contributed by atoms with van der Waals surface area (Å²) in [5, 5.41) is 40.2. The van der Waals surface area contributed by atoms with Crippen molar-refractivity contribution in [2.45, 2.75) is 71.0 Å². The number of aliphatic hydroxyl groups is 3. The minimum absolute atomic E-state index is 0.0488. The van der Waals surface area contributed by atoms with Gasteiger partial charge in [-0.15, -0.1) is 0 Å². The molecule has 1 saturated heterocycles. The number of hydrogen-bond donors (Lipinski definition) is 4. The fourth-order valence-electron chi connectivity index (χ4n) is 6.31. The molecule has 0 unspecified atom stereocenters. The number of imide groups is 1. The molecule has 226 valence electrons. The second kappa shape index (κ2) is 14.5. The van der Waals surface area contributed by atoms with Crippen LogP contribution in [-0.4, -0.2) is 67.3 Å². The van der Waals surface area contributed by atoms with Gasteiger partial charge in [0.2, 0.25) is 11.8 Å². The van der Waals surface area contributed by atoms with Crippen LogP contribution in [0.5, 0.6) is 0 Å². The standard InChI is InChI=1S/C32H40N2O8/c1-2-20-17-24-30(32(41)34(31(24)40)15-7-3-4-9-28(38)39)25(19-36)29(20)27(37)13-10-21(26-8-5-6-14-33-26)16-22-11-12-23(18-35)42-22/h5-6,8,11-12,14,16,24-25,27,30,35-37H,2-4,7,9-10,13,15,17-19H2,1H3,(H,38,39)/b21-16-/t24-,25+,27-,30-/m1/s1. The lowest BCUT2D eigenvalue weighted by atomic mass is 9.67. The molecule has 0 radical (unpaired) electrons. The Kier molecular flexibility index (Phi) is 10.8. The fraction of sp³-hybridized carbons (Fsp3) is 0.500. The highest BCUT2D eigenvalue weighted by Gasteiger charge is 2.54. The Morgan fingerprint density at radius 3 is 2.57 bits per heavy atom. The number of carbonyl (C=O) groups is 3. The van der Waals surface area contributed by atoms with E-state index in [9.17, 15) is 29.7 Å². The highest BCUT2D eigenvalue weighted by molar-refractivity contribution is 6.05. The number of likely N-dealkylation sites (tertiary alicyclic amines) is 1. The third-order valence-corrected chi connectivity index (χ3v) is 8.37. The number of amides is 2. The predicted octanol–water partition coefficient (Wildman–Crippen LogP) is 3.81. The smallest absolute Gasteiger partial charge is 0.303 e. The van der Waals surface area contributed by atoms with Gasteiger partial charge < -0.3 is 24.8 Å². The maximum absolute atomic E-state index is 13.5. The average Bonchev–Trinajstić information content (AvgIpc) is 3.55. The van der Waals surface area contributed by atoms with Crippen LogP contribution in [0.3, 0.4) is 0 Å². The number of rotatable bonds is 15. The molecule has 10 nitrogen and oxygen atoms in total. The highest BCUT2D eigenvalue weighted by atomic mass is 16.4. The van der Waals surface area contributed by atoms with E-state index in [2.05, 4.69) is 4.98 Å². The van der Waals surface area contributed by atoms with E-state index in [0.717, 1.165) is 11.1 Å². The lowest BCUT2D eigenvalue weighted by molar-refractivity contribution is -0.141. The van der Waals surface area contributed by atoms with E-state index in [4.69, 9.17) is 9.52 Å². The van der Waals surface area contributed by atoms with Crippen molar-refractivity contribution in [1.29, 1.82) is 0 Å². The van der Waals surface area contributed by atoms with E-state index in [1.54, 1.807) is 18.3 Å². The first-order chi connectivity index (χ1) is 20.3. The monoisotopic (exact) mass is 580 g/mol. The van der Waals surface area contributed by atoms with Gasteiger partial charge in [-0.2, -0.15) is 0 Å². The molecule has 1 aliphatic heterocycles. The normalized spacial score (nSPS) is 21.7. The van der Waals surface area contributed by atoms with Crippen molar-refractivity contribution in [1.82, 2.24) is 9.88 Å². The summed E-state index contributed by atoms with van der Waals surface area (Å²) in [6, 6.07) is 9.00. The molecule has 0 aromatic carbocycles. The van der Waals surface area contributed by atoms with Crippen molar-refractivity contribution in [3.8, 4) is 0 Å². The molecule has 2 aliphatic rings. The maximum Gasteiger partial charge on any atom is 0.303 e. The second-order valence-corrected chi connectivity index (χ2v) is 11.0. The van der Waals surface area contributed by atoms with Crippen molar-refractivity contribution in [2.75, 3.05) is 13.2 Å². The van der Waals surface area contributed by atoms with Gasteiger partial charge in [0.15, 0.2) is 0 Å². The molecule has 4 atom stereocenters. The number of carbonyl (C=O) groups excluding carboxylic acids is 2. The lowest BCUT2D eigenvalue weighted by Crippen LogP contribution is -2.39. The highest BCUT2D eigenvalue weighted by Crippen LogP contribution is 2.47. The van der Waals surface area contributed by atoms with Crippen LogP contribution in [0.1, 0.15) is 75.5 Å². The number of unbranched alkanes of at least 4 members (excludes halogenated alkanes) is 2. The van der Waals surface area contributed by atoms with Gasteiger partial charge in [0.05, 0.1) is 30.2 Å². The van der Waals surface area contributed by atoms with Gasteiger partial charge in [0, 0.05) is 25.1 Å². The number of aromatic nitrogens is 1. The van der Waals surface area contributed by atoms with Gasteiger partial charge in [-0.3, -0.25) is 24.3 Å². The summed E-state index contributed by atoms with van der Waals surface area (Å²) in [5.41, 5.74) is 3.08. The average molecular weight is 581 g/mol. The number of furan rings is 1. The first-order valence-corrected chi connectivity index (χ1v) is 14.7. The Hall–Kier alpha value is -3.60. The van der Waals surface area contributed by atoms with Gasteiger partial charge in [-0.1, -0.05) is 25.0 Å².